The fourth-order valence-electron chi connectivity index (χ4n) is 2.22. The van der Waals surface area contributed by atoms with Crippen LogP contribution in [0.15, 0.2) is 27.4 Å². The first kappa shape index (κ1) is 14.6. The molecule has 1 N–H and O–H groups in total. The van der Waals surface area contributed by atoms with Gasteiger partial charge in [-0.25, -0.2) is 0 Å². The molecule has 1 aromatic heterocycles. The second-order valence-corrected chi connectivity index (χ2v) is 6.17. The Morgan fingerprint density at radius 3 is 2.42 bits per heavy atom. The molecule has 1 heterocycles. The zero-order chi connectivity index (χ0) is 14.0. The molecule has 1 aromatic carbocycles. The molecule has 19 heavy (non-hydrogen) atoms. The lowest BCUT2D eigenvalue weighted by atomic mass is 9.96. The van der Waals surface area contributed by atoms with Gasteiger partial charge in [0.25, 0.3) is 0 Å². The van der Waals surface area contributed by atoms with Crippen molar-refractivity contribution in [3.63, 3.8) is 0 Å². The number of hydrogen-bond donors (Lipinski definition) is 1. The van der Waals surface area contributed by atoms with Gasteiger partial charge in [-0.15, -0.1) is 0 Å². The molecule has 2 rings (SSSR count). The van der Waals surface area contributed by atoms with Crippen LogP contribution in [0.3, 0.4) is 0 Å². The van der Waals surface area contributed by atoms with Crippen LogP contribution < -0.4 is 10.1 Å². The molecule has 0 bridgehead atoms. The van der Waals surface area contributed by atoms with Crippen molar-refractivity contribution in [1.29, 1.82) is 0 Å². The van der Waals surface area contributed by atoms with E-state index >= 15 is 0 Å². The number of hydrogen-bond acceptors (Lipinski definition) is 3. The van der Waals surface area contributed by atoms with Gasteiger partial charge in [-0.2, -0.15) is 11.3 Å². The first-order chi connectivity index (χ1) is 9.08. The molecule has 4 heteroatoms. The van der Waals surface area contributed by atoms with Gasteiger partial charge in [0.15, 0.2) is 0 Å². The van der Waals surface area contributed by atoms with E-state index in [1.165, 1.54) is 16.7 Å². The summed E-state index contributed by atoms with van der Waals surface area (Å²) in [5, 5.41) is 7.76. The summed E-state index contributed by atoms with van der Waals surface area (Å²) < 4.78 is 6.65. The Morgan fingerprint density at radius 2 is 1.89 bits per heavy atom. The SMILES string of the molecule is CNC(c1cscc1C)c1cc(Br)c(C)cc1OC. The summed E-state index contributed by atoms with van der Waals surface area (Å²) >= 11 is 5.34. The average Bonchev–Trinajstić information content (AvgIpc) is 2.81. The van der Waals surface area contributed by atoms with Crippen LogP contribution in [0, 0.1) is 13.8 Å². The lowest BCUT2D eigenvalue weighted by Crippen LogP contribution is -2.18. The van der Waals surface area contributed by atoms with Crippen LogP contribution in [-0.2, 0) is 0 Å². The number of thiophene rings is 1. The second kappa shape index (κ2) is 6.07. The van der Waals surface area contributed by atoms with Crippen molar-refractivity contribution in [3.05, 3.63) is 49.6 Å². The molecular weight excluding hydrogens is 322 g/mol. The second-order valence-electron chi connectivity index (χ2n) is 4.58. The molecule has 0 aliphatic carbocycles. The summed E-state index contributed by atoms with van der Waals surface area (Å²) in [7, 11) is 3.70. The summed E-state index contributed by atoms with van der Waals surface area (Å²) in [6, 6.07) is 4.37. The highest BCUT2D eigenvalue weighted by Gasteiger charge is 2.20. The van der Waals surface area contributed by atoms with E-state index in [9.17, 15) is 0 Å². The van der Waals surface area contributed by atoms with Crippen molar-refractivity contribution in [2.45, 2.75) is 19.9 Å². The predicted molar refractivity (Wildman–Crippen MR) is 85.4 cm³/mol. The van der Waals surface area contributed by atoms with Gasteiger partial charge in [0.05, 0.1) is 13.2 Å². The largest absolute Gasteiger partial charge is 0.496 e. The average molecular weight is 340 g/mol. The van der Waals surface area contributed by atoms with Gasteiger partial charge in [-0.05, 0) is 60.5 Å². The highest BCUT2D eigenvalue weighted by atomic mass is 79.9. The van der Waals surface area contributed by atoms with E-state index in [1.54, 1.807) is 18.4 Å². The lowest BCUT2D eigenvalue weighted by Gasteiger charge is -2.21. The molecule has 0 aliphatic rings. The summed E-state index contributed by atoms with van der Waals surface area (Å²) in [6.07, 6.45) is 0. The highest BCUT2D eigenvalue weighted by Crippen LogP contribution is 2.36. The number of ether oxygens (including phenoxy) is 1. The van der Waals surface area contributed by atoms with E-state index < -0.39 is 0 Å². The van der Waals surface area contributed by atoms with Crippen molar-refractivity contribution in [1.82, 2.24) is 5.32 Å². The third-order valence-corrected chi connectivity index (χ3v) is 5.05. The monoisotopic (exact) mass is 339 g/mol. The fourth-order valence-corrected chi connectivity index (χ4v) is 3.46. The van der Waals surface area contributed by atoms with E-state index in [0.717, 1.165) is 15.8 Å². The molecule has 0 saturated heterocycles. The Kier molecular flexibility index (Phi) is 4.66. The Morgan fingerprint density at radius 1 is 1.16 bits per heavy atom. The zero-order valence-electron chi connectivity index (χ0n) is 11.6. The van der Waals surface area contributed by atoms with Crippen LogP contribution in [0.25, 0.3) is 0 Å². The smallest absolute Gasteiger partial charge is 0.124 e. The Hall–Kier alpha value is -0.840. The molecule has 0 radical (unpaired) electrons. The predicted octanol–water partition coefficient (Wildman–Crippen LogP) is 4.44. The van der Waals surface area contributed by atoms with Gasteiger partial charge in [0.1, 0.15) is 5.75 Å². The number of nitrogens with one attached hydrogen (secondary N) is 1. The highest BCUT2D eigenvalue weighted by molar-refractivity contribution is 9.10. The van der Waals surface area contributed by atoms with Gasteiger partial charge in [-0.1, -0.05) is 15.9 Å². The van der Waals surface area contributed by atoms with E-state index in [1.807, 2.05) is 7.05 Å². The number of benzene rings is 1. The van der Waals surface area contributed by atoms with Crippen molar-refractivity contribution in [2.75, 3.05) is 14.2 Å². The van der Waals surface area contributed by atoms with Crippen molar-refractivity contribution in [2.24, 2.45) is 0 Å². The third-order valence-electron chi connectivity index (χ3n) is 3.32. The van der Waals surface area contributed by atoms with Crippen molar-refractivity contribution >= 4 is 27.3 Å². The fraction of sp³-hybridized carbons (Fsp3) is 0.333. The number of aryl methyl sites for hydroxylation is 2. The maximum absolute atomic E-state index is 5.54. The van der Waals surface area contributed by atoms with Crippen LogP contribution in [0.5, 0.6) is 5.75 Å². The normalized spacial score (nSPS) is 12.5. The van der Waals surface area contributed by atoms with Crippen molar-refractivity contribution < 1.29 is 4.74 Å². The first-order valence-electron chi connectivity index (χ1n) is 6.12. The molecule has 0 amide bonds. The van der Waals surface area contributed by atoms with Gasteiger partial charge in [0.2, 0.25) is 0 Å². The molecule has 0 aliphatic heterocycles. The molecule has 1 atom stereocenters. The minimum absolute atomic E-state index is 0.151. The number of methoxy groups -OCH3 is 1. The molecular formula is C15H18BrNOS. The summed E-state index contributed by atoms with van der Waals surface area (Å²) in [6.45, 7) is 4.21. The molecule has 2 aromatic rings. The Labute approximate surface area is 126 Å². The first-order valence-corrected chi connectivity index (χ1v) is 7.86. The maximum Gasteiger partial charge on any atom is 0.124 e. The van der Waals surface area contributed by atoms with E-state index in [4.69, 9.17) is 4.74 Å². The zero-order valence-corrected chi connectivity index (χ0v) is 14.0. The summed E-state index contributed by atoms with van der Waals surface area (Å²) in [5.74, 6) is 0.922. The Balaban J connectivity index is 2.55. The van der Waals surface area contributed by atoms with Crippen molar-refractivity contribution in [3.8, 4) is 5.75 Å². The van der Waals surface area contributed by atoms with Crippen LogP contribution in [-0.4, -0.2) is 14.2 Å². The maximum atomic E-state index is 5.54. The standard InChI is InChI=1S/C15H18BrNOS/c1-9-5-14(18-4)11(6-13(9)16)15(17-3)12-8-19-7-10(12)2/h5-8,15,17H,1-4H3. The lowest BCUT2D eigenvalue weighted by molar-refractivity contribution is 0.405. The number of halogens is 1. The van der Waals surface area contributed by atoms with Gasteiger partial charge < -0.3 is 10.1 Å². The Bertz CT molecular complexity index is 580. The topological polar surface area (TPSA) is 21.3 Å². The molecule has 0 fully saturated rings. The molecule has 0 saturated carbocycles. The molecule has 2 nitrogen and oxygen atoms in total. The van der Waals surface area contributed by atoms with Gasteiger partial charge in [0, 0.05) is 10.0 Å². The van der Waals surface area contributed by atoms with E-state index in [2.05, 4.69) is 58.0 Å². The quantitative estimate of drug-likeness (QED) is 0.888. The summed E-state index contributed by atoms with van der Waals surface area (Å²) in [5.41, 5.74) is 4.95. The van der Waals surface area contributed by atoms with Gasteiger partial charge in [-0.3, -0.25) is 0 Å². The van der Waals surface area contributed by atoms with E-state index in [0.29, 0.717) is 0 Å². The van der Waals surface area contributed by atoms with Gasteiger partial charge >= 0.3 is 0 Å². The summed E-state index contributed by atoms with van der Waals surface area (Å²) in [4.78, 5) is 0. The minimum atomic E-state index is 0.151. The molecule has 0 spiro atoms. The molecule has 1 unspecified atom stereocenters. The molecule has 102 valence electrons. The van der Waals surface area contributed by atoms with Crippen LogP contribution in [0.4, 0.5) is 0 Å². The number of rotatable bonds is 4. The van der Waals surface area contributed by atoms with E-state index in [-0.39, 0.29) is 6.04 Å². The third kappa shape index (κ3) is 2.86. The minimum Gasteiger partial charge on any atom is -0.496 e. The van der Waals surface area contributed by atoms with Crippen LogP contribution >= 0.6 is 27.3 Å². The van der Waals surface area contributed by atoms with Crippen LogP contribution in [0.1, 0.15) is 28.3 Å². The van der Waals surface area contributed by atoms with Crippen LogP contribution in [0.2, 0.25) is 0 Å².